The Balaban J connectivity index is 2.84. The van der Waals surface area contributed by atoms with E-state index in [0.717, 1.165) is 0 Å². The largest absolute Gasteiger partial charge is 0.481 e. The molecule has 5 nitrogen and oxygen atoms in total. The third kappa shape index (κ3) is 4.54. The first-order valence-electron chi connectivity index (χ1n) is 5.86. The minimum Gasteiger partial charge on any atom is -0.481 e. The topological polar surface area (TPSA) is 72.5 Å². The van der Waals surface area contributed by atoms with E-state index in [4.69, 9.17) is 15.4 Å². The average molecular weight is 318 g/mol. The molecule has 1 aromatic rings. The number of hydrogen-bond donors (Lipinski definition) is 1. The Morgan fingerprint density at radius 3 is 2.70 bits per heavy atom. The molecule has 0 fully saturated rings. The number of aryl methyl sites for hydroxylation is 1. The highest BCUT2D eigenvalue weighted by Crippen LogP contribution is 2.24. The quantitative estimate of drug-likeness (QED) is 0.643. The van der Waals surface area contributed by atoms with Crippen LogP contribution >= 0.6 is 10.7 Å². The van der Waals surface area contributed by atoms with Crippen molar-refractivity contribution in [1.82, 2.24) is 5.32 Å². The first-order valence-corrected chi connectivity index (χ1v) is 8.17. The summed E-state index contributed by atoms with van der Waals surface area (Å²) in [5.74, 6) is 0.147. The minimum absolute atomic E-state index is 0.00669. The Labute approximate surface area is 123 Å². The highest BCUT2D eigenvalue weighted by Gasteiger charge is 2.16. The lowest BCUT2D eigenvalue weighted by atomic mass is 10.2. The summed E-state index contributed by atoms with van der Waals surface area (Å²) in [4.78, 5) is 11.6. The predicted octanol–water partition coefficient (Wildman–Crippen LogP) is 1.99. The molecule has 0 bridgehead atoms. The van der Waals surface area contributed by atoms with Crippen molar-refractivity contribution in [1.29, 1.82) is 0 Å². The summed E-state index contributed by atoms with van der Waals surface area (Å²) >= 11 is 0. The van der Waals surface area contributed by atoms with E-state index in [1.54, 1.807) is 19.9 Å². The summed E-state index contributed by atoms with van der Waals surface area (Å²) < 4.78 is 27.9. The van der Waals surface area contributed by atoms with E-state index in [2.05, 4.69) is 11.9 Å². The van der Waals surface area contributed by atoms with Crippen molar-refractivity contribution in [3.05, 3.63) is 36.4 Å². The van der Waals surface area contributed by atoms with Crippen molar-refractivity contribution in [3.8, 4) is 5.75 Å². The van der Waals surface area contributed by atoms with Gasteiger partial charge in [0.15, 0.2) is 6.10 Å². The second-order valence-corrected chi connectivity index (χ2v) is 6.72. The van der Waals surface area contributed by atoms with Gasteiger partial charge in [-0.15, -0.1) is 6.58 Å². The molecule has 0 aliphatic carbocycles. The summed E-state index contributed by atoms with van der Waals surface area (Å²) in [7, 11) is 1.48. The van der Waals surface area contributed by atoms with Crippen LogP contribution in [0.15, 0.2) is 35.7 Å². The monoisotopic (exact) mass is 317 g/mol. The number of nitrogens with one attached hydrogen (secondary N) is 1. The SMILES string of the molecule is C=CCNC(=O)C(C)Oc1ccc(S(=O)(=O)Cl)cc1C. The van der Waals surface area contributed by atoms with Crippen LogP contribution in [-0.2, 0) is 13.8 Å². The van der Waals surface area contributed by atoms with Gasteiger partial charge in [0, 0.05) is 17.2 Å². The number of carbonyl (C=O) groups is 1. The van der Waals surface area contributed by atoms with E-state index in [-0.39, 0.29) is 10.8 Å². The van der Waals surface area contributed by atoms with Gasteiger partial charge in [0.2, 0.25) is 0 Å². The Bertz CT molecular complexity index is 613. The second kappa shape index (κ2) is 6.76. The Morgan fingerprint density at radius 2 is 2.20 bits per heavy atom. The number of halogens is 1. The van der Waals surface area contributed by atoms with Gasteiger partial charge in [0.1, 0.15) is 5.75 Å². The molecule has 0 aromatic heterocycles. The van der Waals surface area contributed by atoms with Crippen molar-refractivity contribution in [2.75, 3.05) is 6.54 Å². The molecule has 0 radical (unpaired) electrons. The molecule has 0 spiro atoms. The number of amides is 1. The number of carbonyl (C=O) groups excluding carboxylic acids is 1. The van der Waals surface area contributed by atoms with Gasteiger partial charge >= 0.3 is 0 Å². The molecule has 1 rings (SSSR count). The first kappa shape index (κ1) is 16.5. The van der Waals surface area contributed by atoms with Crippen LogP contribution in [0.1, 0.15) is 12.5 Å². The average Bonchev–Trinajstić information content (AvgIpc) is 2.36. The number of rotatable bonds is 6. The van der Waals surface area contributed by atoms with Crippen molar-refractivity contribution < 1.29 is 17.9 Å². The maximum atomic E-state index is 11.6. The molecular weight excluding hydrogens is 302 g/mol. The van der Waals surface area contributed by atoms with Crippen molar-refractivity contribution in [3.63, 3.8) is 0 Å². The summed E-state index contributed by atoms with van der Waals surface area (Å²) in [6, 6.07) is 4.20. The molecule has 1 N–H and O–H groups in total. The smallest absolute Gasteiger partial charge is 0.261 e. The van der Waals surface area contributed by atoms with E-state index < -0.39 is 15.2 Å². The van der Waals surface area contributed by atoms with E-state index in [1.807, 2.05) is 0 Å². The van der Waals surface area contributed by atoms with E-state index in [1.165, 1.54) is 18.2 Å². The molecule has 20 heavy (non-hydrogen) atoms. The number of hydrogen-bond acceptors (Lipinski definition) is 4. The van der Waals surface area contributed by atoms with Crippen LogP contribution in [0.2, 0.25) is 0 Å². The van der Waals surface area contributed by atoms with Gasteiger partial charge < -0.3 is 10.1 Å². The zero-order valence-corrected chi connectivity index (χ0v) is 12.8. The van der Waals surface area contributed by atoms with Crippen LogP contribution in [-0.4, -0.2) is 27.0 Å². The van der Waals surface area contributed by atoms with Gasteiger partial charge in [0.25, 0.3) is 15.0 Å². The van der Waals surface area contributed by atoms with Gasteiger partial charge in [-0.1, -0.05) is 6.08 Å². The normalized spacial score (nSPS) is 12.6. The summed E-state index contributed by atoms with van der Waals surface area (Å²) in [5, 5.41) is 2.61. The lowest BCUT2D eigenvalue weighted by molar-refractivity contribution is -0.127. The molecule has 7 heteroatoms. The summed E-state index contributed by atoms with van der Waals surface area (Å²) in [6.07, 6.45) is 0.864. The predicted molar refractivity (Wildman–Crippen MR) is 77.5 cm³/mol. The molecule has 110 valence electrons. The first-order chi connectivity index (χ1) is 9.25. The van der Waals surface area contributed by atoms with Crippen LogP contribution in [0.25, 0.3) is 0 Å². The Hall–Kier alpha value is -1.53. The van der Waals surface area contributed by atoms with Crippen LogP contribution in [0, 0.1) is 6.92 Å². The summed E-state index contributed by atoms with van der Waals surface area (Å²) in [5.41, 5.74) is 0.579. The van der Waals surface area contributed by atoms with E-state index in [9.17, 15) is 13.2 Å². The fourth-order valence-corrected chi connectivity index (χ4v) is 2.30. The molecule has 1 amide bonds. The zero-order chi connectivity index (χ0) is 15.3. The van der Waals surface area contributed by atoms with Gasteiger partial charge in [-0.05, 0) is 37.6 Å². The van der Waals surface area contributed by atoms with Crippen LogP contribution in [0.3, 0.4) is 0 Å². The van der Waals surface area contributed by atoms with E-state index in [0.29, 0.717) is 17.9 Å². The maximum Gasteiger partial charge on any atom is 0.261 e. The van der Waals surface area contributed by atoms with Crippen molar-refractivity contribution >= 4 is 25.6 Å². The van der Waals surface area contributed by atoms with Crippen molar-refractivity contribution in [2.45, 2.75) is 24.8 Å². The lowest BCUT2D eigenvalue weighted by Crippen LogP contribution is -2.36. The molecule has 0 heterocycles. The highest BCUT2D eigenvalue weighted by atomic mass is 35.7. The third-order valence-corrected chi connectivity index (χ3v) is 3.87. The lowest BCUT2D eigenvalue weighted by Gasteiger charge is -2.16. The highest BCUT2D eigenvalue weighted by molar-refractivity contribution is 8.13. The Morgan fingerprint density at radius 1 is 1.55 bits per heavy atom. The fraction of sp³-hybridized carbons (Fsp3) is 0.308. The molecule has 0 saturated heterocycles. The Kier molecular flexibility index (Phi) is 5.59. The number of benzene rings is 1. The van der Waals surface area contributed by atoms with Crippen LogP contribution < -0.4 is 10.1 Å². The fourth-order valence-electron chi connectivity index (χ4n) is 1.47. The molecular formula is C13H16ClNO4S. The van der Waals surface area contributed by atoms with Gasteiger partial charge in [-0.3, -0.25) is 4.79 Å². The van der Waals surface area contributed by atoms with Crippen LogP contribution in [0.4, 0.5) is 0 Å². The zero-order valence-electron chi connectivity index (χ0n) is 11.2. The molecule has 1 aromatic carbocycles. The maximum absolute atomic E-state index is 11.6. The minimum atomic E-state index is -3.77. The second-order valence-electron chi connectivity index (χ2n) is 4.16. The van der Waals surface area contributed by atoms with Gasteiger partial charge in [-0.25, -0.2) is 8.42 Å². The van der Waals surface area contributed by atoms with Gasteiger partial charge in [0.05, 0.1) is 4.90 Å². The molecule has 1 atom stereocenters. The number of ether oxygens (including phenoxy) is 1. The molecule has 0 aliphatic heterocycles. The molecule has 1 unspecified atom stereocenters. The van der Waals surface area contributed by atoms with Gasteiger partial charge in [-0.2, -0.15) is 0 Å². The molecule has 0 saturated carbocycles. The standard InChI is InChI=1S/C13H16ClNO4S/c1-4-7-15-13(16)10(3)19-12-6-5-11(8-9(12)2)20(14,17)18/h4-6,8,10H,1,7H2,2-3H3,(H,15,16). The van der Waals surface area contributed by atoms with E-state index >= 15 is 0 Å². The van der Waals surface area contributed by atoms with Crippen LogP contribution in [0.5, 0.6) is 5.75 Å². The molecule has 0 aliphatic rings. The van der Waals surface area contributed by atoms with Crippen molar-refractivity contribution in [2.24, 2.45) is 0 Å². The summed E-state index contributed by atoms with van der Waals surface area (Å²) in [6.45, 7) is 7.13. The third-order valence-electron chi connectivity index (χ3n) is 2.52.